The first-order valence-corrected chi connectivity index (χ1v) is 3.02. The first-order chi connectivity index (χ1) is 5.99. The minimum Gasteiger partial charge on any atom is -0.399 e. The molecule has 6 N–H and O–H groups in total. The Labute approximate surface area is 73.1 Å². The second kappa shape index (κ2) is 4.59. The summed E-state index contributed by atoms with van der Waals surface area (Å²) >= 11 is 0. The molecular weight excluding hydrogens is 176 g/mol. The van der Waals surface area contributed by atoms with Gasteiger partial charge < -0.3 is 11.5 Å². The van der Waals surface area contributed by atoms with Gasteiger partial charge in [0.05, 0.1) is 11.1 Å². The fraction of sp³-hybridized carbons (Fsp3) is 0. The van der Waals surface area contributed by atoms with Gasteiger partial charge in [-0.2, -0.15) is 0 Å². The number of nitrogens with one attached hydrogen (secondary N) is 2. The van der Waals surface area contributed by atoms with E-state index in [1.54, 1.807) is 0 Å². The molecule has 8 nitrogen and oxygen atoms in total. The molecule has 0 saturated heterocycles. The Kier molecular flexibility index (Phi) is 3.80. The first kappa shape index (κ1) is 10.8. The number of rotatable bonds is 2. The predicted octanol–water partition coefficient (Wildman–Crippen LogP) is -0.953. The van der Waals surface area contributed by atoms with Crippen LogP contribution < -0.4 is 11.5 Å². The fourth-order valence-corrected chi connectivity index (χ4v) is 0.351. The number of amidine groups is 2. The third-order valence-corrected chi connectivity index (χ3v) is 0.963. The van der Waals surface area contributed by atoms with Crippen LogP contribution in [0.4, 0.5) is 0 Å². The van der Waals surface area contributed by atoms with Crippen LogP contribution in [-0.2, 0) is 0 Å². The van der Waals surface area contributed by atoms with Gasteiger partial charge in [-0.1, -0.05) is 0 Å². The van der Waals surface area contributed by atoms with Crippen LogP contribution >= 0.6 is 0 Å². The van der Waals surface area contributed by atoms with Crippen LogP contribution in [0.5, 0.6) is 0 Å². The Balaban J connectivity index is 4.51. The molecule has 0 aromatic heterocycles. The average molecular weight is 184 g/mol. The lowest BCUT2D eigenvalue weighted by Crippen LogP contribution is -2.20. The lowest BCUT2D eigenvalue weighted by atomic mass is 10.5. The normalized spacial score (nSPS) is 11.5. The van der Waals surface area contributed by atoms with Crippen LogP contribution in [0.1, 0.15) is 0 Å². The van der Waals surface area contributed by atoms with Gasteiger partial charge >= 0.3 is 5.70 Å². The Hall–Kier alpha value is -2.25. The maximum absolute atomic E-state index is 10.1. The van der Waals surface area contributed by atoms with Crippen LogP contribution in [0.15, 0.2) is 16.9 Å². The molecule has 0 aliphatic rings. The second-order valence-electron chi connectivity index (χ2n) is 1.87. The molecule has 0 aliphatic carbocycles. The van der Waals surface area contributed by atoms with Crippen molar-refractivity contribution in [3.8, 4) is 0 Å². The highest BCUT2D eigenvalue weighted by Crippen LogP contribution is 1.88. The van der Waals surface area contributed by atoms with E-state index in [4.69, 9.17) is 22.3 Å². The van der Waals surface area contributed by atoms with Gasteiger partial charge in [-0.25, -0.2) is 4.99 Å². The van der Waals surface area contributed by atoms with Crippen molar-refractivity contribution < 1.29 is 4.92 Å². The summed E-state index contributed by atoms with van der Waals surface area (Å²) in [7, 11) is 0. The van der Waals surface area contributed by atoms with Crippen molar-refractivity contribution in [2.24, 2.45) is 16.5 Å². The molecule has 0 bridgehead atoms. The summed E-state index contributed by atoms with van der Waals surface area (Å²) in [6, 6.07) is 0. The van der Waals surface area contributed by atoms with Crippen molar-refractivity contribution in [2.45, 2.75) is 0 Å². The van der Waals surface area contributed by atoms with Gasteiger partial charge in [0.2, 0.25) is 0 Å². The monoisotopic (exact) mass is 184 g/mol. The summed E-state index contributed by atoms with van der Waals surface area (Å²) in [4.78, 5) is 12.6. The van der Waals surface area contributed by atoms with Crippen molar-refractivity contribution in [3.63, 3.8) is 0 Å². The van der Waals surface area contributed by atoms with Crippen LogP contribution in [0.25, 0.3) is 0 Å². The van der Waals surface area contributed by atoms with E-state index in [2.05, 4.69) is 4.99 Å². The van der Waals surface area contributed by atoms with E-state index in [0.29, 0.717) is 0 Å². The van der Waals surface area contributed by atoms with Crippen molar-refractivity contribution in [2.75, 3.05) is 0 Å². The standard InChI is InChI=1S/C5H8N6O2/c6-1-3(11(12)13)2-10-5(9)4(7)8/h1-2,9H,6H2,(H3,7,8). The summed E-state index contributed by atoms with van der Waals surface area (Å²) in [6.07, 6.45) is 1.49. The third kappa shape index (κ3) is 3.60. The van der Waals surface area contributed by atoms with Gasteiger partial charge in [0.25, 0.3) is 0 Å². The predicted molar refractivity (Wildman–Crippen MR) is 47.4 cm³/mol. The molecule has 0 saturated carbocycles. The zero-order valence-corrected chi connectivity index (χ0v) is 6.52. The van der Waals surface area contributed by atoms with Gasteiger partial charge in [0, 0.05) is 0 Å². The largest absolute Gasteiger partial charge is 0.399 e. The zero-order chi connectivity index (χ0) is 10.4. The molecule has 13 heavy (non-hydrogen) atoms. The van der Waals surface area contributed by atoms with Crippen LogP contribution in [-0.4, -0.2) is 22.8 Å². The van der Waals surface area contributed by atoms with Crippen LogP contribution in [0, 0.1) is 20.9 Å². The van der Waals surface area contributed by atoms with Gasteiger partial charge in [-0.15, -0.1) is 0 Å². The summed E-state index contributed by atoms with van der Waals surface area (Å²) in [5.41, 5.74) is 9.28. The van der Waals surface area contributed by atoms with E-state index in [1.807, 2.05) is 0 Å². The van der Waals surface area contributed by atoms with E-state index in [-0.39, 0.29) is 0 Å². The molecule has 0 fully saturated rings. The molecule has 0 aromatic carbocycles. The number of nitrogens with zero attached hydrogens (tertiary/aromatic N) is 2. The highest BCUT2D eigenvalue weighted by atomic mass is 16.6. The van der Waals surface area contributed by atoms with Crippen LogP contribution in [0.3, 0.4) is 0 Å². The molecule has 0 spiro atoms. The fourth-order valence-electron chi connectivity index (χ4n) is 0.351. The highest BCUT2D eigenvalue weighted by molar-refractivity contribution is 6.38. The number of aliphatic imine (C=N–C) groups is 1. The molecule has 70 valence electrons. The SMILES string of the molecule is N=C(N)C(=N)N=CC(=CN)[N+](=O)[O-]. The summed E-state index contributed by atoms with van der Waals surface area (Å²) in [5, 5.41) is 23.8. The van der Waals surface area contributed by atoms with Crippen molar-refractivity contribution in [1.82, 2.24) is 0 Å². The first-order valence-electron chi connectivity index (χ1n) is 3.02. The average Bonchev–Trinajstić information content (AvgIpc) is 2.04. The Bertz CT molecular complexity index is 304. The maximum Gasteiger partial charge on any atom is 0.302 e. The van der Waals surface area contributed by atoms with E-state index >= 15 is 0 Å². The quantitative estimate of drug-likeness (QED) is 0.189. The Morgan fingerprint density at radius 3 is 2.38 bits per heavy atom. The molecule has 0 unspecified atom stereocenters. The molecular formula is C5H8N6O2. The molecule has 0 heterocycles. The number of nitrogens with two attached hydrogens (primary N) is 2. The lowest BCUT2D eigenvalue weighted by molar-refractivity contribution is -0.414. The Morgan fingerprint density at radius 1 is 1.54 bits per heavy atom. The minimum atomic E-state index is -0.767. The minimum absolute atomic E-state index is 0.467. The molecule has 0 atom stereocenters. The van der Waals surface area contributed by atoms with Crippen molar-refractivity contribution in [1.29, 1.82) is 10.8 Å². The molecule has 8 heteroatoms. The van der Waals surface area contributed by atoms with E-state index in [9.17, 15) is 10.1 Å². The lowest BCUT2D eigenvalue weighted by Gasteiger charge is -1.91. The van der Waals surface area contributed by atoms with Crippen LogP contribution in [0.2, 0.25) is 0 Å². The van der Waals surface area contributed by atoms with Crippen molar-refractivity contribution >= 4 is 17.9 Å². The molecule has 0 aliphatic heterocycles. The van der Waals surface area contributed by atoms with Gasteiger partial charge in [-0.3, -0.25) is 20.9 Å². The topological polar surface area (TPSA) is 155 Å². The second-order valence-corrected chi connectivity index (χ2v) is 1.87. The van der Waals surface area contributed by atoms with E-state index < -0.39 is 22.3 Å². The summed E-state index contributed by atoms with van der Waals surface area (Å²) < 4.78 is 0. The number of allylic oxidation sites excluding steroid dienone is 1. The number of hydrogen-bond donors (Lipinski definition) is 4. The highest BCUT2D eigenvalue weighted by Gasteiger charge is 2.05. The summed E-state index contributed by atoms with van der Waals surface area (Å²) in [5.74, 6) is -1.13. The molecule has 0 aromatic rings. The van der Waals surface area contributed by atoms with E-state index in [1.165, 1.54) is 0 Å². The number of nitro groups is 1. The summed E-state index contributed by atoms with van der Waals surface area (Å²) in [6.45, 7) is 0. The Morgan fingerprint density at radius 2 is 2.08 bits per heavy atom. The molecule has 0 rings (SSSR count). The number of hydrogen-bond acceptors (Lipinski definition) is 5. The maximum atomic E-state index is 10.1. The van der Waals surface area contributed by atoms with Gasteiger partial charge in [0.15, 0.2) is 11.7 Å². The smallest absolute Gasteiger partial charge is 0.302 e. The van der Waals surface area contributed by atoms with Gasteiger partial charge in [0.1, 0.15) is 6.21 Å². The third-order valence-electron chi connectivity index (χ3n) is 0.963. The molecule has 0 radical (unpaired) electrons. The zero-order valence-electron chi connectivity index (χ0n) is 6.52. The molecule has 0 amide bonds. The van der Waals surface area contributed by atoms with Crippen molar-refractivity contribution in [3.05, 3.63) is 22.0 Å². The van der Waals surface area contributed by atoms with Gasteiger partial charge in [-0.05, 0) is 0 Å². The van der Waals surface area contributed by atoms with E-state index in [0.717, 1.165) is 12.4 Å².